The van der Waals surface area contributed by atoms with Crippen LogP contribution in [0.25, 0.3) is 0 Å². The summed E-state index contributed by atoms with van der Waals surface area (Å²) in [5.41, 5.74) is 2.19. The molecule has 0 aliphatic heterocycles. The maximum absolute atomic E-state index is 11.0. The number of rotatable bonds is 5. The van der Waals surface area contributed by atoms with Crippen molar-refractivity contribution in [3.8, 4) is 0 Å². The highest BCUT2D eigenvalue weighted by molar-refractivity contribution is 7.80. The van der Waals surface area contributed by atoms with E-state index < -0.39 is 17.4 Å². The van der Waals surface area contributed by atoms with Crippen molar-refractivity contribution < 1.29 is 18.7 Å². The third-order valence-electron chi connectivity index (χ3n) is 2.70. The van der Waals surface area contributed by atoms with E-state index in [1.165, 1.54) is 7.05 Å². The van der Waals surface area contributed by atoms with Crippen LogP contribution in [0.5, 0.6) is 0 Å². The van der Waals surface area contributed by atoms with Gasteiger partial charge in [-0.15, -0.1) is 0 Å². The van der Waals surface area contributed by atoms with E-state index in [0.717, 1.165) is 15.4 Å². The molecule has 1 atom stereocenters. The van der Waals surface area contributed by atoms with E-state index in [1.54, 1.807) is 12.1 Å². The average molecular weight is 285 g/mol. The van der Waals surface area contributed by atoms with Gasteiger partial charge in [0.15, 0.2) is 0 Å². The van der Waals surface area contributed by atoms with Gasteiger partial charge in [0.2, 0.25) is 0 Å². The van der Waals surface area contributed by atoms with Crippen LogP contribution in [0.3, 0.4) is 0 Å². The van der Waals surface area contributed by atoms with E-state index in [-0.39, 0.29) is 12.5 Å². The first-order valence-electron chi connectivity index (χ1n) is 5.75. The largest absolute Gasteiger partial charge is 0.755 e. The molecule has 0 bridgehead atoms. The van der Waals surface area contributed by atoms with Gasteiger partial charge in [-0.2, -0.15) is 0 Å². The standard InChI is InChI=1S/C12H18N2O4S/c1-8(2)10-4-9(7-13-12(15)16)5-11(6-10)14(3)19(17)18/h4-6,8,13H,7H2,1-3H3,(H,15,16)(H,17,18)/p-1. The van der Waals surface area contributed by atoms with Crippen LogP contribution in [0.15, 0.2) is 18.2 Å². The number of amides is 1. The van der Waals surface area contributed by atoms with E-state index in [4.69, 9.17) is 5.11 Å². The Hall–Kier alpha value is -1.60. The van der Waals surface area contributed by atoms with Crippen LogP contribution in [0, 0.1) is 0 Å². The topological polar surface area (TPSA) is 92.7 Å². The van der Waals surface area contributed by atoms with Crippen molar-refractivity contribution in [1.29, 1.82) is 0 Å². The molecule has 0 radical (unpaired) electrons. The number of nitrogens with zero attached hydrogens (tertiary/aromatic N) is 1. The summed E-state index contributed by atoms with van der Waals surface area (Å²) in [5, 5.41) is 10.9. The lowest BCUT2D eigenvalue weighted by molar-refractivity contribution is 0.194. The number of anilines is 1. The Morgan fingerprint density at radius 1 is 1.47 bits per heavy atom. The predicted octanol–water partition coefficient (Wildman–Crippen LogP) is 1.81. The molecule has 1 aromatic carbocycles. The zero-order valence-electron chi connectivity index (χ0n) is 11.0. The molecular weight excluding hydrogens is 268 g/mol. The van der Waals surface area contributed by atoms with E-state index in [1.807, 2.05) is 19.9 Å². The van der Waals surface area contributed by atoms with Crippen molar-refractivity contribution in [1.82, 2.24) is 5.32 Å². The van der Waals surface area contributed by atoms with Gasteiger partial charge in [-0.05, 0) is 29.2 Å². The Morgan fingerprint density at radius 2 is 2.11 bits per heavy atom. The molecule has 6 nitrogen and oxygen atoms in total. The molecule has 0 saturated carbocycles. The quantitative estimate of drug-likeness (QED) is 0.807. The lowest BCUT2D eigenvalue weighted by Crippen LogP contribution is -2.22. The average Bonchev–Trinajstić information content (AvgIpc) is 2.34. The summed E-state index contributed by atoms with van der Waals surface area (Å²) in [6, 6.07) is 5.30. The van der Waals surface area contributed by atoms with Gasteiger partial charge >= 0.3 is 6.09 Å². The zero-order valence-corrected chi connectivity index (χ0v) is 11.9. The van der Waals surface area contributed by atoms with Crippen LogP contribution in [0.1, 0.15) is 30.9 Å². The molecule has 7 heteroatoms. The molecule has 2 N–H and O–H groups in total. The maximum atomic E-state index is 11.0. The summed E-state index contributed by atoms with van der Waals surface area (Å²) in [5.74, 6) is 0.219. The molecule has 1 amide bonds. The Bertz CT molecular complexity index is 491. The molecule has 106 valence electrons. The first-order valence-corrected chi connectivity index (χ1v) is 6.78. The molecule has 0 saturated heterocycles. The molecular formula is C12H17N2O4S-. The maximum Gasteiger partial charge on any atom is 0.404 e. The summed E-state index contributed by atoms with van der Waals surface area (Å²) in [6.07, 6.45) is -1.11. The molecule has 1 aromatic rings. The number of carboxylic acid groups (broad SMARTS) is 1. The zero-order chi connectivity index (χ0) is 14.6. The van der Waals surface area contributed by atoms with Crippen LogP contribution in [-0.2, 0) is 17.8 Å². The second-order valence-electron chi connectivity index (χ2n) is 4.46. The van der Waals surface area contributed by atoms with Gasteiger partial charge in [0.25, 0.3) is 0 Å². The minimum absolute atomic E-state index is 0.141. The fourth-order valence-corrected chi connectivity index (χ4v) is 1.86. The SMILES string of the molecule is CC(C)c1cc(CNC(=O)O)cc(N(C)S(=O)[O-])c1. The molecule has 0 spiro atoms. The molecule has 0 aliphatic carbocycles. The Morgan fingerprint density at radius 3 is 2.58 bits per heavy atom. The molecule has 0 aliphatic rings. The minimum atomic E-state index is -2.36. The number of carbonyl (C=O) groups is 1. The summed E-state index contributed by atoms with van der Waals surface area (Å²) in [7, 11) is 1.44. The van der Waals surface area contributed by atoms with Crippen molar-refractivity contribution in [2.75, 3.05) is 11.4 Å². The van der Waals surface area contributed by atoms with Crippen LogP contribution < -0.4 is 9.62 Å². The molecule has 19 heavy (non-hydrogen) atoms. The first-order chi connectivity index (χ1) is 8.81. The fourth-order valence-electron chi connectivity index (χ4n) is 1.58. The minimum Gasteiger partial charge on any atom is -0.755 e. The highest BCUT2D eigenvalue weighted by atomic mass is 32.2. The van der Waals surface area contributed by atoms with Crippen molar-refractivity contribution >= 4 is 23.0 Å². The summed E-state index contributed by atoms with van der Waals surface area (Å²) in [4.78, 5) is 10.5. The molecule has 1 rings (SSSR count). The van der Waals surface area contributed by atoms with E-state index in [9.17, 15) is 13.6 Å². The van der Waals surface area contributed by atoms with Gasteiger partial charge in [-0.1, -0.05) is 19.9 Å². The number of hydrogen-bond acceptors (Lipinski definition) is 3. The van der Waals surface area contributed by atoms with Gasteiger partial charge in [-0.3, -0.25) is 4.21 Å². The van der Waals surface area contributed by atoms with E-state index in [0.29, 0.717) is 5.69 Å². The van der Waals surface area contributed by atoms with Crippen LogP contribution >= 0.6 is 0 Å². The summed E-state index contributed by atoms with van der Waals surface area (Å²) in [6.45, 7) is 4.12. The third-order valence-corrected chi connectivity index (χ3v) is 3.36. The third kappa shape index (κ3) is 4.53. The molecule has 0 fully saturated rings. The van der Waals surface area contributed by atoms with Crippen LogP contribution in [0.2, 0.25) is 0 Å². The van der Waals surface area contributed by atoms with Gasteiger partial charge in [0, 0.05) is 30.5 Å². The smallest absolute Gasteiger partial charge is 0.404 e. The number of hydrogen-bond donors (Lipinski definition) is 2. The highest BCUT2D eigenvalue weighted by Crippen LogP contribution is 2.24. The Balaban J connectivity index is 3.10. The lowest BCUT2D eigenvalue weighted by atomic mass is 10.00. The van der Waals surface area contributed by atoms with Gasteiger partial charge < -0.3 is 19.3 Å². The Labute approximate surface area is 114 Å². The molecule has 1 unspecified atom stereocenters. The monoisotopic (exact) mass is 285 g/mol. The van der Waals surface area contributed by atoms with Crippen LogP contribution in [0.4, 0.5) is 10.5 Å². The number of benzene rings is 1. The predicted molar refractivity (Wildman–Crippen MR) is 72.7 cm³/mol. The normalized spacial score (nSPS) is 12.3. The van der Waals surface area contributed by atoms with Gasteiger partial charge in [0.1, 0.15) is 0 Å². The van der Waals surface area contributed by atoms with Crippen molar-refractivity contribution in [3.05, 3.63) is 29.3 Å². The molecule has 0 aromatic heterocycles. The second-order valence-corrected chi connectivity index (χ2v) is 5.44. The fraction of sp³-hybridized carbons (Fsp3) is 0.417. The highest BCUT2D eigenvalue weighted by Gasteiger charge is 2.09. The van der Waals surface area contributed by atoms with E-state index >= 15 is 0 Å². The summed E-state index contributed by atoms with van der Waals surface area (Å²) < 4.78 is 23.1. The lowest BCUT2D eigenvalue weighted by Gasteiger charge is -2.23. The van der Waals surface area contributed by atoms with Gasteiger partial charge in [-0.25, -0.2) is 4.79 Å². The van der Waals surface area contributed by atoms with Crippen molar-refractivity contribution in [2.24, 2.45) is 0 Å². The second kappa shape index (κ2) is 6.53. The van der Waals surface area contributed by atoms with Crippen LogP contribution in [-0.4, -0.2) is 27.0 Å². The Kier molecular flexibility index (Phi) is 5.31. The van der Waals surface area contributed by atoms with Crippen molar-refractivity contribution in [3.63, 3.8) is 0 Å². The molecule has 0 heterocycles. The summed E-state index contributed by atoms with van der Waals surface area (Å²) >= 11 is -2.36. The van der Waals surface area contributed by atoms with Gasteiger partial charge in [0.05, 0.1) is 0 Å². The first kappa shape index (κ1) is 15.5. The van der Waals surface area contributed by atoms with Crippen molar-refractivity contribution in [2.45, 2.75) is 26.3 Å². The van der Waals surface area contributed by atoms with E-state index in [2.05, 4.69) is 5.32 Å². The number of nitrogens with one attached hydrogen (secondary N) is 1.